The van der Waals surface area contributed by atoms with Crippen LogP contribution in [0.1, 0.15) is 5.56 Å². The van der Waals surface area contributed by atoms with E-state index in [1.165, 1.54) is 12.1 Å². The van der Waals surface area contributed by atoms with Crippen molar-refractivity contribution in [2.75, 3.05) is 32.7 Å². The Labute approximate surface area is 146 Å². The number of piperazine rings is 1. The number of halogens is 1. The molecule has 1 fully saturated rings. The van der Waals surface area contributed by atoms with E-state index in [4.69, 9.17) is 0 Å². The number of carbonyl (C=O) groups is 1. The van der Waals surface area contributed by atoms with Crippen LogP contribution in [0.2, 0.25) is 0 Å². The Morgan fingerprint density at radius 3 is 2.52 bits per heavy atom. The van der Waals surface area contributed by atoms with Gasteiger partial charge in [-0.15, -0.1) is 0 Å². The van der Waals surface area contributed by atoms with Crippen LogP contribution < -0.4 is 0 Å². The predicted molar refractivity (Wildman–Crippen MR) is 91.4 cm³/mol. The molecule has 6 nitrogen and oxygen atoms in total. The minimum atomic E-state index is -0.485. The van der Waals surface area contributed by atoms with Crippen molar-refractivity contribution < 1.29 is 14.3 Å². The maximum Gasteiger partial charge on any atom is 0.227 e. The minimum absolute atomic E-state index is 0.0587. The van der Waals surface area contributed by atoms with Gasteiger partial charge in [-0.1, -0.05) is 12.1 Å². The molecule has 1 atom stereocenters. The van der Waals surface area contributed by atoms with Crippen LogP contribution in [0.15, 0.2) is 42.7 Å². The Bertz CT molecular complexity index is 667. The second-order valence-corrected chi connectivity index (χ2v) is 6.37. The molecule has 1 aliphatic heterocycles. The van der Waals surface area contributed by atoms with Crippen LogP contribution >= 0.6 is 0 Å². The molecule has 0 saturated carbocycles. The van der Waals surface area contributed by atoms with Gasteiger partial charge < -0.3 is 10.0 Å². The molecule has 1 aromatic heterocycles. The van der Waals surface area contributed by atoms with Crippen molar-refractivity contribution in [2.45, 2.75) is 19.1 Å². The van der Waals surface area contributed by atoms with Crippen molar-refractivity contribution in [1.29, 1.82) is 0 Å². The average molecular weight is 346 g/mol. The van der Waals surface area contributed by atoms with Crippen LogP contribution in [-0.2, 0) is 17.8 Å². The van der Waals surface area contributed by atoms with Crippen LogP contribution in [0.25, 0.3) is 0 Å². The van der Waals surface area contributed by atoms with Gasteiger partial charge in [-0.2, -0.15) is 5.10 Å². The first-order valence-electron chi connectivity index (χ1n) is 8.50. The van der Waals surface area contributed by atoms with E-state index in [-0.39, 0.29) is 11.7 Å². The summed E-state index contributed by atoms with van der Waals surface area (Å²) >= 11 is 0. The van der Waals surface area contributed by atoms with Gasteiger partial charge in [0.1, 0.15) is 5.82 Å². The van der Waals surface area contributed by atoms with Gasteiger partial charge in [0.05, 0.1) is 19.1 Å². The fourth-order valence-corrected chi connectivity index (χ4v) is 3.05. The number of nitrogens with zero attached hydrogens (tertiary/aromatic N) is 4. The van der Waals surface area contributed by atoms with Gasteiger partial charge in [0, 0.05) is 45.1 Å². The molecule has 0 spiro atoms. The normalized spacial score (nSPS) is 16.8. The standard InChI is InChI=1S/C18H23FN4O2/c19-16-4-2-15(3-5-16)12-18(25)22-10-8-21(9-11-22)13-17(24)14-23-7-1-6-20-23/h1-7,17,24H,8-14H2/t17-/m0/s1. The van der Waals surface area contributed by atoms with Crippen LogP contribution in [0.4, 0.5) is 4.39 Å². The fraction of sp³-hybridized carbons (Fsp3) is 0.444. The summed E-state index contributed by atoms with van der Waals surface area (Å²) in [5.74, 6) is -0.234. The van der Waals surface area contributed by atoms with Crippen LogP contribution in [0.3, 0.4) is 0 Å². The van der Waals surface area contributed by atoms with Gasteiger partial charge in [0.15, 0.2) is 0 Å². The van der Waals surface area contributed by atoms with Crippen LogP contribution in [0, 0.1) is 5.82 Å². The Balaban J connectivity index is 1.41. The van der Waals surface area contributed by atoms with E-state index in [1.54, 1.807) is 23.0 Å². The van der Waals surface area contributed by atoms with Gasteiger partial charge in [-0.05, 0) is 23.8 Å². The Morgan fingerprint density at radius 2 is 1.88 bits per heavy atom. The van der Waals surface area contributed by atoms with E-state index in [2.05, 4.69) is 10.00 Å². The van der Waals surface area contributed by atoms with Crippen molar-refractivity contribution in [2.24, 2.45) is 0 Å². The third kappa shape index (κ3) is 5.11. The highest BCUT2D eigenvalue weighted by Gasteiger charge is 2.22. The molecule has 3 rings (SSSR count). The average Bonchev–Trinajstić information content (AvgIpc) is 3.10. The number of benzene rings is 1. The number of hydrogen-bond donors (Lipinski definition) is 1. The van der Waals surface area contributed by atoms with Crippen molar-refractivity contribution in [3.63, 3.8) is 0 Å². The SMILES string of the molecule is O=C(Cc1ccc(F)cc1)N1CCN(C[C@H](O)Cn2cccn2)CC1. The summed E-state index contributed by atoms with van der Waals surface area (Å²) in [6, 6.07) is 7.88. The first-order chi connectivity index (χ1) is 12.1. The summed E-state index contributed by atoms with van der Waals surface area (Å²) in [7, 11) is 0. The Hall–Kier alpha value is -2.25. The zero-order valence-corrected chi connectivity index (χ0v) is 14.1. The van der Waals surface area contributed by atoms with Gasteiger partial charge in [-0.25, -0.2) is 4.39 Å². The van der Waals surface area contributed by atoms with Crippen molar-refractivity contribution in [1.82, 2.24) is 19.6 Å². The van der Waals surface area contributed by atoms with E-state index in [0.29, 0.717) is 32.6 Å². The molecular weight excluding hydrogens is 323 g/mol. The number of carbonyl (C=O) groups excluding carboxylic acids is 1. The summed E-state index contributed by atoms with van der Waals surface area (Å²) in [5.41, 5.74) is 0.823. The van der Waals surface area contributed by atoms with Crippen molar-refractivity contribution in [3.8, 4) is 0 Å². The van der Waals surface area contributed by atoms with Gasteiger partial charge in [0.25, 0.3) is 0 Å². The van der Waals surface area contributed by atoms with Gasteiger partial charge in [0.2, 0.25) is 5.91 Å². The quantitative estimate of drug-likeness (QED) is 0.839. The molecule has 0 aliphatic carbocycles. The minimum Gasteiger partial charge on any atom is -0.390 e. The lowest BCUT2D eigenvalue weighted by Gasteiger charge is -2.35. The number of β-amino-alcohol motifs (C(OH)–C–C–N with tert-alkyl or cyclic N) is 1. The molecule has 0 radical (unpaired) electrons. The van der Waals surface area contributed by atoms with E-state index >= 15 is 0 Å². The number of aromatic nitrogens is 2. The van der Waals surface area contributed by atoms with Crippen LogP contribution in [0.5, 0.6) is 0 Å². The molecule has 1 amide bonds. The first kappa shape index (κ1) is 17.6. The largest absolute Gasteiger partial charge is 0.390 e. The number of hydrogen-bond acceptors (Lipinski definition) is 4. The lowest BCUT2D eigenvalue weighted by atomic mass is 10.1. The number of rotatable bonds is 6. The van der Waals surface area contributed by atoms with Crippen molar-refractivity contribution >= 4 is 5.91 Å². The molecule has 134 valence electrons. The summed E-state index contributed by atoms with van der Waals surface area (Å²) < 4.78 is 14.6. The summed E-state index contributed by atoms with van der Waals surface area (Å²) in [5, 5.41) is 14.2. The number of aliphatic hydroxyl groups is 1. The third-order valence-corrected chi connectivity index (χ3v) is 4.42. The second kappa shape index (κ2) is 8.22. The topological polar surface area (TPSA) is 61.6 Å². The molecule has 0 bridgehead atoms. The maximum atomic E-state index is 12.9. The Kier molecular flexibility index (Phi) is 5.78. The van der Waals surface area contributed by atoms with Crippen molar-refractivity contribution in [3.05, 3.63) is 54.1 Å². The van der Waals surface area contributed by atoms with E-state index in [0.717, 1.165) is 18.7 Å². The molecule has 1 aromatic carbocycles. The maximum absolute atomic E-state index is 12.9. The smallest absolute Gasteiger partial charge is 0.227 e. The van der Waals surface area contributed by atoms with E-state index < -0.39 is 6.10 Å². The monoisotopic (exact) mass is 346 g/mol. The molecule has 2 heterocycles. The molecule has 0 unspecified atom stereocenters. The highest BCUT2D eigenvalue weighted by Crippen LogP contribution is 2.09. The number of amides is 1. The second-order valence-electron chi connectivity index (χ2n) is 6.37. The molecular formula is C18H23FN4O2. The highest BCUT2D eigenvalue weighted by molar-refractivity contribution is 5.78. The summed E-state index contributed by atoms with van der Waals surface area (Å²) in [6.45, 7) is 3.82. The van der Waals surface area contributed by atoms with E-state index in [1.807, 2.05) is 17.2 Å². The third-order valence-electron chi connectivity index (χ3n) is 4.42. The lowest BCUT2D eigenvalue weighted by Crippen LogP contribution is -2.51. The predicted octanol–water partition coefficient (Wildman–Crippen LogP) is 0.770. The van der Waals surface area contributed by atoms with E-state index in [9.17, 15) is 14.3 Å². The molecule has 2 aromatic rings. The molecule has 1 saturated heterocycles. The molecule has 1 aliphatic rings. The van der Waals surface area contributed by atoms with Crippen LogP contribution in [-0.4, -0.2) is 69.4 Å². The fourth-order valence-electron chi connectivity index (χ4n) is 3.05. The lowest BCUT2D eigenvalue weighted by molar-refractivity contribution is -0.132. The zero-order valence-electron chi connectivity index (χ0n) is 14.1. The highest BCUT2D eigenvalue weighted by atomic mass is 19.1. The van der Waals surface area contributed by atoms with Gasteiger partial charge >= 0.3 is 0 Å². The first-order valence-corrected chi connectivity index (χ1v) is 8.50. The summed E-state index contributed by atoms with van der Waals surface area (Å²) in [4.78, 5) is 16.3. The molecule has 1 N–H and O–H groups in total. The molecule has 7 heteroatoms. The Morgan fingerprint density at radius 1 is 1.16 bits per heavy atom. The van der Waals surface area contributed by atoms with Gasteiger partial charge in [-0.3, -0.25) is 14.4 Å². The number of aliphatic hydroxyl groups excluding tert-OH is 1. The summed E-state index contributed by atoms with van der Waals surface area (Å²) in [6.07, 6.45) is 3.33. The zero-order chi connectivity index (χ0) is 17.6. The molecule has 25 heavy (non-hydrogen) atoms.